The fourth-order valence-electron chi connectivity index (χ4n) is 2.61. The van der Waals surface area contributed by atoms with Crippen molar-refractivity contribution in [3.63, 3.8) is 0 Å². The Hall–Kier alpha value is -2.88. The zero-order valence-electron chi connectivity index (χ0n) is 14.3. The van der Waals surface area contributed by atoms with Gasteiger partial charge in [0.15, 0.2) is 0 Å². The molecule has 24 heavy (non-hydrogen) atoms. The van der Waals surface area contributed by atoms with Crippen molar-refractivity contribution in [3.8, 4) is 0 Å². The number of hydrogen-bond donors (Lipinski definition) is 1. The third-order valence-corrected chi connectivity index (χ3v) is 3.96. The predicted octanol–water partition coefficient (Wildman–Crippen LogP) is 5.11. The van der Waals surface area contributed by atoms with Crippen LogP contribution in [0, 0.1) is 0 Å². The molecule has 0 amide bonds. The Morgan fingerprint density at radius 1 is 0.917 bits per heavy atom. The first-order valence-corrected chi connectivity index (χ1v) is 8.13. The molecule has 1 heterocycles. The van der Waals surface area contributed by atoms with Gasteiger partial charge in [-0.05, 0) is 35.7 Å². The van der Waals surface area contributed by atoms with Gasteiger partial charge < -0.3 is 10.2 Å². The molecule has 0 unspecified atom stereocenters. The van der Waals surface area contributed by atoms with Gasteiger partial charge in [0, 0.05) is 24.6 Å². The van der Waals surface area contributed by atoms with Crippen LogP contribution in [0.25, 0.3) is 0 Å². The van der Waals surface area contributed by atoms with Crippen LogP contribution in [0.5, 0.6) is 0 Å². The van der Waals surface area contributed by atoms with E-state index >= 15 is 0 Å². The summed E-state index contributed by atoms with van der Waals surface area (Å²) >= 11 is 0. The highest BCUT2D eigenvalue weighted by atomic mass is 15.2. The molecule has 0 aliphatic heterocycles. The molecule has 0 atom stereocenters. The van der Waals surface area contributed by atoms with Crippen LogP contribution in [-0.2, 0) is 0 Å². The summed E-state index contributed by atoms with van der Waals surface area (Å²) < 4.78 is 0. The number of nitrogens with zero attached hydrogens (tertiary/aromatic N) is 3. The van der Waals surface area contributed by atoms with Crippen LogP contribution in [0.1, 0.15) is 25.3 Å². The fraction of sp³-hybridized carbons (Fsp3) is 0.200. The Balaban J connectivity index is 1.87. The normalized spacial score (nSPS) is 10.7. The molecule has 0 spiro atoms. The minimum atomic E-state index is 0.434. The SMILES string of the molecule is CC(C)c1ccccc1Nc1nccc(N(C)c2ccccc2)n1. The molecular weight excluding hydrogens is 296 g/mol. The second-order valence-electron chi connectivity index (χ2n) is 6.00. The monoisotopic (exact) mass is 318 g/mol. The van der Waals surface area contributed by atoms with Crippen LogP contribution < -0.4 is 10.2 Å². The predicted molar refractivity (Wildman–Crippen MR) is 100 cm³/mol. The summed E-state index contributed by atoms with van der Waals surface area (Å²) in [6.45, 7) is 4.36. The Bertz CT molecular complexity index is 799. The molecule has 2 aromatic carbocycles. The number of aromatic nitrogens is 2. The van der Waals surface area contributed by atoms with Crippen LogP contribution in [0.2, 0.25) is 0 Å². The Labute approximate surface area is 143 Å². The van der Waals surface area contributed by atoms with Crippen molar-refractivity contribution in [2.75, 3.05) is 17.3 Å². The molecule has 1 N–H and O–H groups in total. The summed E-state index contributed by atoms with van der Waals surface area (Å²) in [5.41, 5.74) is 3.39. The van der Waals surface area contributed by atoms with Crippen molar-refractivity contribution in [3.05, 3.63) is 72.4 Å². The number of hydrogen-bond acceptors (Lipinski definition) is 4. The third-order valence-electron chi connectivity index (χ3n) is 3.96. The lowest BCUT2D eigenvalue weighted by Gasteiger charge is -2.19. The molecular formula is C20H22N4. The summed E-state index contributed by atoms with van der Waals surface area (Å²) in [6.07, 6.45) is 1.78. The van der Waals surface area contributed by atoms with Crippen LogP contribution >= 0.6 is 0 Å². The maximum absolute atomic E-state index is 4.65. The Morgan fingerprint density at radius 3 is 2.38 bits per heavy atom. The van der Waals surface area contributed by atoms with E-state index in [0.29, 0.717) is 11.9 Å². The quantitative estimate of drug-likeness (QED) is 0.709. The van der Waals surface area contributed by atoms with E-state index in [9.17, 15) is 0 Å². The molecule has 0 bridgehead atoms. The van der Waals surface area contributed by atoms with E-state index in [-0.39, 0.29) is 0 Å². The standard InChI is InChI=1S/C20H22N4/c1-15(2)17-11-7-8-12-18(17)22-20-21-14-13-19(23-20)24(3)16-9-5-4-6-10-16/h4-15H,1-3H3,(H,21,22,23). The average molecular weight is 318 g/mol. The first-order valence-electron chi connectivity index (χ1n) is 8.13. The maximum Gasteiger partial charge on any atom is 0.229 e. The van der Waals surface area contributed by atoms with Crippen molar-refractivity contribution in [2.45, 2.75) is 19.8 Å². The minimum Gasteiger partial charge on any atom is -0.329 e. The van der Waals surface area contributed by atoms with Gasteiger partial charge in [0.05, 0.1) is 0 Å². The number of anilines is 4. The molecule has 0 saturated carbocycles. The summed E-state index contributed by atoms with van der Waals surface area (Å²) in [7, 11) is 2.00. The van der Waals surface area contributed by atoms with E-state index in [1.165, 1.54) is 5.56 Å². The van der Waals surface area contributed by atoms with Crippen LogP contribution in [0.15, 0.2) is 66.9 Å². The van der Waals surface area contributed by atoms with Gasteiger partial charge >= 0.3 is 0 Å². The first-order chi connectivity index (χ1) is 11.6. The largest absolute Gasteiger partial charge is 0.329 e. The van der Waals surface area contributed by atoms with E-state index in [4.69, 9.17) is 0 Å². The number of rotatable bonds is 5. The van der Waals surface area contributed by atoms with Gasteiger partial charge in [-0.3, -0.25) is 0 Å². The number of benzene rings is 2. The van der Waals surface area contributed by atoms with Crippen LogP contribution in [0.3, 0.4) is 0 Å². The summed E-state index contributed by atoms with van der Waals surface area (Å²) in [6, 6.07) is 20.3. The molecule has 3 rings (SSSR count). The molecule has 0 aliphatic rings. The van der Waals surface area contributed by atoms with E-state index in [1.54, 1.807) is 6.20 Å². The zero-order chi connectivity index (χ0) is 16.9. The highest BCUT2D eigenvalue weighted by Crippen LogP contribution is 2.27. The lowest BCUT2D eigenvalue weighted by Crippen LogP contribution is -2.12. The molecule has 0 aliphatic carbocycles. The van der Waals surface area contributed by atoms with Crippen LogP contribution in [-0.4, -0.2) is 17.0 Å². The summed E-state index contributed by atoms with van der Waals surface area (Å²) in [5.74, 6) is 1.88. The van der Waals surface area contributed by atoms with Gasteiger partial charge in [0.25, 0.3) is 0 Å². The van der Waals surface area contributed by atoms with E-state index < -0.39 is 0 Å². The van der Waals surface area contributed by atoms with E-state index in [0.717, 1.165) is 17.2 Å². The van der Waals surface area contributed by atoms with Crippen molar-refractivity contribution in [1.29, 1.82) is 0 Å². The third kappa shape index (κ3) is 3.54. The van der Waals surface area contributed by atoms with Gasteiger partial charge in [0.2, 0.25) is 5.95 Å². The highest BCUT2D eigenvalue weighted by molar-refractivity contribution is 5.63. The average Bonchev–Trinajstić information content (AvgIpc) is 2.62. The van der Waals surface area contributed by atoms with Gasteiger partial charge in [0.1, 0.15) is 5.82 Å². The zero-order valence-corrected chi connectivity index (χ0v) is 14.3. The molecule has 4 heteroatoms. The minimum absolute atomic E-state index is 0.434. The lowest BCUT2D eigenvalue weighted by molar-refractivity contribution is 0.868. The molecule has 3 aromatic rings. The van der Waals surface area contributed by atoms with Gasteiger partial charge in [-0.2, -0.15) is 4.98 Å². The molecule has 4 nitrogen and oxygen atoms in total. The lowest BCUT2D eigenvalue weighted by atomic mass is 10.0. The van der Waals surface area contributed by atoms with E-state index in [1.807, 2.05) is 42.3 Å². The fourth-order valence-corrected chi connectivity index (χ4v) is 2.61. The molecule has 1 aromatic heterocycles. The smallest absolute Gasteiger partial charge is 0.229 e. The Morgan fingerprint density at radius 2 is 1.62 bits per heavy atom. The maximum atomic E-state index is 4.65. The molecule has 0 saturated heterocycles. The molecule has 122 valence electrons. The first kappa shape index (κ1) is 16.0. The van der Waals surface area contributed by atoms with Crippen molar-refractivity contribution >= 4 is 23.1 Å². The second-order valence-corrected chi connectivity index (χ2v) is 6.00. The van der Waals surface area contributed by atoms with Crippen molar-refractivity contribution in [1.82, 2.24) is 9.97 Å². The van der Waals surface area contributed by atoms with E-state index in [2.05, 4.69) is 59.5 Å². The van der Waals surface area contributed by atoms with Crippen LogP contribution in [0.4, 0.5) is 23.1 Å². The number of para-hydroxylation sites is 2. The van der Waals surface area contributed by atoms with Crippen molar-refractivity contribution < 1.29 is 0 Å². The molecule has 0 radical (unpaired) electrons. The van der Waals surface area contributed by atoms with Crippen molar-refractivity contribution in [2.24, 2.45) is 0 Å². The number of nitrogens with one attached hydrogen (secondary N) is 1. The highest BCUT2D eigenvalue weighted by Gasteiger charge is 2.09. The van der Waals surface area contributed by atoms with Gasteiger partial charge in [-0.1, -0.05) is 50.2 Å². The summed E-state index contributed by atoms with van der Waals surface area (Å²) in [5, 5.41) is 3.35. The van der Waals surface area contributed by atoms with Gasteiger partial charge in [-0.25, -0.2) is 4.98 Å². The second kappa shape index (κ2) is 7.13. The van der Waals surface area contributed by atoms with Gasteiger partial charge in [-0.15, -0.1) is 0 Å². The molecule has 0 fully saturated rings. The topological polar surface area (TPSA) is 41.1 Å². The Kier molecular flexibility index (Phi) is 4.75. The summed E-state index contributed by atoms with van der Waals surface area (Å²) in [4.78, 5) is 11.1.